The van der Waals surface area contributed by atoms with Gasteiger partial charge < -0.3 is 10.1 Å². The van der Waals surface area contributed by atoms with E-state index in [1.807, 2.05) is 31.2 Å². The molecule has 0 saturated carbocycles. The topological polar surface area (TPSA) is 71.5 Å². The number of anilines is 1. The SMILES string of the molecule is CCN1C(=O)C(C)(C(=O)NCc2ccc(Br)cc2)Oc2cccnc21. The number of likely N-dealkylation sites (N-methyl/N-ethyl adjacent to an activating group) is 1. The summed E-state index contributed by atoms with van der Waals surface area (Å²) in [6, 6.07) is 11.0. The van der Waals surface area contributed by atoms with E-state index in [-0.39, 0.29) is 0 Å². The predicted octanol–water partition coefficient (Wildman–Crippen LogP) is 2.66. The second-order valence-electron chi connectivity index (χ2n) is 5.82. The quantitative estimate of drug-likeness (QED) is 0.796. The van der Waals surface area contributed by atoms with Crippen molar-refractivity contribution in [3.05, 3.63) is 52.6 Å². The van der Waals surface area contributed by atoms with Gasteiger partial charge in [0.15, 0.2) is 11.6 Å². The van der Waals surface area contributed by atoms with Gasteiger partial charge in [-0.1, -0.05) is 28.1 Å². The first kappa shape index (κ1) is 17.4. The molecule has 7 heteroatoms. The van der Waals surface area contributed by atoms with Crippen LogP contribution in [0.15, 0.2) is 47.1 Å². The van der Waals surface area contributed by atoms with Crippen molar-refractivity contribution in [1.82, 2.24) is 10.3 Å². The van der Waals surface area contributed by atoms with Gasteiger partial charge in [-0.05, 0) is 43.7 Å². The van der Waals surface area contributed by atoms with Crippen molar-refractivity contribution in [2.24, 2.45) is 0 Å². The van der Waals surface area contributed by atoms with Crippen LogP contribution in [-0.2, 0) is 16.1 Å². The molecule has 1 unspecified atom stereocenters. The van der Waals surface area contributed by atoms with E-state index in [1.54, 1.807) is 18.3 Å². The van der Waals surface area contributed by atoms with Crippen LogP contribution in [0.3, 0.4) is 0 Å². The highest BCUT2D eigenvalue weighted by atomic mass is 79.9. The van der Waals surface area contributed by atoms with Gasteiger partial charge in [-0.25, -0.2) is 4.98 Å². The molecule has 3 rings (SSSR count). The summed E-state index contributed by atoms with van der Waals surface area (Å²) < 4.78 is 6.72. The lowest BCUT2D eigenvalue weighted by molar-refractivity contribution is -0.148. The molecule has 0 fully saturated rings. The van der Waals surface area contributed by atoms with E-state index in [0.717, 1.165) is 10.0 Å². The molecule has 0 spiro atoms. The van der Waals surface area contributed by atoms with Gasteiger partial charge in [0.1, 0.15) is 0 Å². The highest BCUT2D eigenvalue weighted by molar-refractivity contribution is 9.10. The van der Waals surface area contributed by atoms with Crippen molar-refractivity contribution in [3.8, 4) is 5.75 Å². The smallest absolute Gasteiger partial charge is 0.282 e. The van der Waals surface area contributed by atoms with E-state index in [4.69, 9.17) is 4.74 Å². The number of hydrogen-bond donors (Lipinski definition) is 1. The lowest BCUT2D eigenvalue weighted by Gasteiger charge is -2.38. The van der Waals surface area contributed by atoms with E-state index in [1.165, 1.54) is 11.8 Å². The van der Waals surface area contributed by atoms with Crippen LogP contribution in [0.2, 0.25) is 0 Å². The molecule has 25 heavy (non-hydrogen) atoms. The number of fused-ring (bicyclic) bond motifs is 1. The number of hydrogen-bond acceptors (Lipinski definition) is 4. The first-order valence-corrected chi connectivity index (χ1v) is 8.73. The average molecular weight is 404 g/mol. The average Bonchev–Trinajstić information content (AvgIpc) is 2.62. The van der Waals surface area contributed by atoms with Crippen molar-refractivity contribution in [3.63, 3.8) is 0 Å². The second kappa shape index (κ2) is 6.84. The minimum absolute atomic E-state index is 0.310. The zero-order valence-electron chi connectivity index (χ0n) is 14.0. The van der Waals surface area contributed by atoms with Gasteiger partial charge in [0, 0.05) is 23.8 Å². The first-order chi connectivity index (χ1) is 12.0. The number of amides is 2. The summed E-state index contributed by atoms with van der Waals surface area (Å²) in [5.74, 6) is -0.0405. The Morgan fingerprint density at radius 1 is 1.32 bits per heavy atom. The molecule has 2 aromatic rings. The molecular formula is C18H18BrN3O3. The molecule has 1 aromatic carbocycles. The molecule has 1 aromatic heterocycles. The number of nitrogens with zero attached hydrogens (tertiary/aromatic N) is 2. The standard InChI is InChI=1S/C18H18BrN3O3/c1-3-22-15-14(5-4-10-20-15)25-18(2,17(22)24)16(23)21-11-12-6-8-13(19)9-7-12/h4-10H,3,11H2,1-2H3,(H,21,23). The third kappa shape index (κ3) is 3.24. The van der Waals surface area contributed by atoms with Crippen LogP contribution >= 0.6 is 15.9 Å². The van der Waals surface area contributed by atoms with Gasteiger partial charge >= 0.3 is 0 Å². The maximum atomic E-state index is 12.8. The van der Waals surface area contributed by atoms with Crippen molar-refractivity contribution in [2.45, 2.75) is 26.0 Å². The third-order valence-electron chi connectivity index (χ3n) is 4.09. The first-order valence-electron chi connectivity index (χ1n) is 7.94. The summed E-state index contributed by atoms with van der Waals surface area (Å²) in [5.41, 5.74) is -0.695. The summed E-state index contributed by atoms with van der Waals surface area (Å²) in [5, 5.41) is 2.79. The Morgan fingerprint density at radius 2 is 2.04 bits per heavy atom. The lowest BCUT2D eigenvalue weighted by Crippen LogP contribution is -2.62. The third-order valence-corrected chi connectivity index (χ3v) is 4.62. The van der Waals surface area contributed by atoms with Crippen molar-refractivity contribution >= 4 is 33.6 Å². The molecule has 1 atom stereocenters. The van der Waals surface area contributed by atoms with Crippen LogP contribution in [0, 0.1) is 0 Å². The van der Waals surface area contributed by atoms with E-state index in [9.17, 15) is 9.59 Å². The molecule has 6 nitrogen and oxygen atoms in total. The fourth-order valence-electron chi connectivity index (χ4n) is 2.67. The number of halogens is 1. The predicted molar refractivity (Wildman–Crippen MR) is 97.3 cm³/mol. The number of rotatable bonds is 4. The Morgan fingerprint density at radius 3 is 2.72 bits per heavy atom. The van der Waals surface area contributed by atoms with Gasteiger partial charge in [0.2, 0.25) is 0 Å². The number of ether oxygens (including phenoxy) is 1. The molecule has 1 aliphatic rings. The zero-order valence-corrected chi connectivity index (χ0v) is 15.5. The van der Waals surface area contributed by atoms with Crippen LogP contribution in [0.4, 0.5) is 5.82 Å². The van der Waals surface area contributed by atoms with Crippen LogP contribution in [0.5, 0.6) is 5.75 Å². The molecule has 0 radical (unpaired) electrons. The summed E-state index contributed by atoms with van der Waals surface area (Å²) >= 11 is 3.37. The van der Waals surface area contributed by atoms with Crippen LogP contribution in [-0.4, -0.2) is 28.9 Å². The van der Waals surface area contributed by atoms with Gasteiger partial charge in [-0.3, -0.25) is 14.5 Å². The summed E-state index contributed by atoms with van der Waals surface area (Å²) in [6.45, 7) is 4.04. The van der Waals surface area contributed by atoms with Gasteiger partial charge in [-0.15, -0.1) is 0 Å². The van der Waals surface area contributed by atoms with E-state index in [0.29, 0.717) is 24.7 Å². The molecule has 1 aliphatic heterocycles. The second-order valence-corrected chi connectivity index (χ2v) is 6.73. The van der Waals surface area contributed by atoms with E-state index < -0.39 is 17.4 Å². The van der Waals surface area contributed by atoms with Gasteiger partial charge in [0.05, 0.1) is 0 Å². The largest absolute Gasteiger partial charge is 0.464 e. The van der Waals surface area contributed by atoms with Gasteiger partial charge in [-0.2, -0.15) is 0 Å². The molecule has 0 aliphatic carbocycles. The summed E-state index contributed by atoms with van der Waals surface area (Å²) in [7, 11) is 0. The van der Waals surface area contributed by atoms with Crippen LogP contribution < -0.4 is 15.0 Å². The molecular weight excluding hydrogens is 386 g/mol. The monoisotopic (exact) mass is 403 g/mol. The highest BCUT2D eigenvalue weighted by Gasteiger charge is 2.50. The molecule has 1 N–H and O–H groups in total. The maximum Gasteiger partial charge on any atom is 0.282 e. The highest BCUT2D eigenvalue weighted by Crippen LogP contribution is 2.35. The normalized spacial score (nSPS) is 19.2. The molecule has 0 saturated heterocycles. The molecule has 130 valence electrons. The Balaban J connectivity index is 1.81. The van der Waals surface area contributed by atoms with E-state index in [2.05, 4.69) is 26.2 Å². The number of carbonyl (C=O) groups is 2. The number of aromatic nitrogens is 1. The fourth-order valence-corrected chi connectivity index (χ4v) is 2.94. The molecule has 2 heterocycles. The Bertz CT molecular complexity index is 809. The van der Waals surface area contributed by atoms with Gasteiger partial charge in [0.25, 0.3) is 17.4 Å². The molecule has 2 amide bonds. The zero-order chi connectivity index (χ0) is 18.0. The number of benzene rings is 1. The van der Waals surface area contributed by atoms with Crippen molar-refractivity contribution < 1.29 is 14.3 Å². The summed E-state index contributed by atoms with van der Waals surface area (Å²) in [4.78, 5) is 31.2. The maximum absolute atomic E-state index is 12.8. The van der Waals surface area contributed by atoms with Crippen molar-refractivity contribution in [2.75, 3.05) is 11.4 Å². The Labute approximate surface area is 154 Å². The van der Waals surface area contributed by atoms with Crippen LogP contribution in [0.25, 0.3) is 0 Å². The Kier molecular flexibility index (Phi) is 4.76. The van der Waals surface area contributed by atoms with E-state index >= 15 is 0 Å². The van der Waals surface area contributed by atoms with Crippen LogP contribution in [0.1, 0.15) is 19.4 Å². The van der Waals surface area contributed by atoms with Crippen molar-refractivity contribution in [1.29, 1.82) is 0 Å². The number of pyridine rings is 1. The molecule has 0 bridgehead atoms. The number of carbonyl (C=O) groups excluding carboxylic acids is 2. The fraction of sp³-hybridized carbons (Fsp3) is 0.278. The minimum atomic E-state index is -1.62. The summed E-state index contributed by atoms with van der Waals surface area (Å²) in [6.07, 6.45) is 1.59. The minimum Gasteiger partial charge on any atom is -0.464 e. The lowest BCUT2D eigenvalue weighted by atomic mass is 10.0. The number of nitrogens with one attached hydrogen (secondary N) is 1. The Hall–Kier alpha value is -2.41.